The highest BCUT2D eigenvalue weighted by Crippen LogP contribution is 2.14. The van der Waals surface area contributed by atoms with Gasteiger partial charge >= 0.3 is 0 Å². The second-order valence-electron chi connectivity index (χ2n) is 5.17. The smallest absolute Gasteiger partial charge is 0.115 e. The zero-order valence-corrected chi connectivity index (χ0v) is 11.5. The summed E-state index contributed by atoms with van der Waals surface area (Å²) in [5, 5.41) is 0. The van der Waals surface area contributed by atoms with Crippen LogP contribution in [0, 0.1) is 6.92 Å². The first-order valence-corrected chi connectivity index (χ1v) is 6.81. The van der Waals surface area contributed by atoms with E-state index in [4.69, 9.17) is 0 Å². The van der Waals surface area contributed by atoms with Gasteiger partial charge in [0.2, 0.25) is 0 Å². The van der Waals surface area contributed by atoms with E-state index in [1.54, 1.807) is 0 Å². The number of hydrogen-bond acceptors (Lipinski definition) is 2. The molecule has 3 heteroatoms. The average Bonchev–Trinajstić information content (AvgIpc) is 2.39. The maximum absolute atomic E-state index is 12.7. The van der Waals surface area contributed by atoms with Crippen LogP contribution in [0.15, 0.2) is 18.2 Å². The Labute approximate surface area is 109 Å². The van der Waals surface area contributed by atoms with E-state index in [1.165, 1.54) is 5.56 Å². The summed E-state index contributed by atoms with van der Waals surface area (Å²) >= 11 is 0. The standard InChI is InChI=1S/C15H23FN2/c1-3-17-4-6-18(7-5-17)12-15-9-13(2)8-14(10-15)11-16/h8-10H,3-7,11-12H2,1-2H3. The first-order chi connectivity index (χ1) is 8.71. The van der Waals surface area contributed by atoms with Gasteiger partial charge in [0.1, 0.15) is 6.67 Å². The van der Waals surface area contributed by atoms with Crippen LogP contribution < -0.4 is 0 Å². The van der Waals surface area contributed by atoms with Crippen molar-refractivity contribution in [2.75, 3.05) is 32.7 Å². The summed E-state index contributed by atoms with van der Waals surface area (Å²) in [5.41, 5.74) is 3.21. The van der Waals surface area contributed by atoms with Gasteiger partial charge in [-0.15, -0.1) is 0 Å². The number of benzene rings is 1. The molecule has 0 unspecified atom stereocenters. The highest BCUT2D eigenvalue weighted by atomic mass is 19.1. The minimum absolute atomic E-state index is 0.363. The number of halogens is 1. The predicted octanol–water partition coefficient (Wildman–Crippen LogP) is 2.60. The third-order valence-corrected chi connectivity index (χ3v) is 3.67. The van der Waals surface area contributed by atoms with E-state index in [1.807, 2.05) is 19.1 Å². The average molecular weight is 250 g/mol. The zero-order valence-electron chi connectivity index (χ0n) is 11.5. The van der Waals surface area contributed by atoms with Gasteiger partial charge in [0.15, 0.2) is 0 Å². The molecule has 1 aliphatic heterocycles. The summed E-state index contributed by atoms with van der Waals surface area (Å²) in [4.78, 5) is 4.93. The lowest BCUT2D eigenvalue weighted by Crippen LogP contribution is -2.45. The molecule has 1 aromatic carbocycles. The molecule has 0 radical (unpaired) electrons. The molecule has 0 saturated carbocycles. The number of rotatable bonds is 4. The first kappa shape index (κ1) is 13.5. The molecule has 2 rings (SSSR count). The summed E-state index contributed by atoms with van der Waals surface area (Å²) < 4.78 is 12.7. The van der Waals surface area contributed by atoms with Crippen LogP contribution in [0.5, 0.6) is 0 Å². The van der Waals surface area contributed by atoms with E-state index in [-0.39, 0.29) is 6.67 Å². The summed E-state index contributed by atoms with van der Waals surface area (Å²) in [6.07, 6.45) is 0. The fourth-order valence-electron chi connectivity index (χ4n) is 2.64. The molecule has 0 spiro atoms. The molecular formula is C15H23FN2. The third-order valence-electron chi connectivity index (χ3n) is 3.67. The lowest BCUT2D eigenvalue weighted by atomic mass is 10.1. The van der Waals surface area contributed by atoms with Crippen LogP contribution in [0.4, 0.5) is 4.39 Å². The van der Waals surface area contributed by atoms with Gasteiger partial charge in [-0.3, -0.25) is 4.90 Å². The molecular weight excluding hydrogens is 227 g/mol. The van der Waals surface area contributed by atoms with E-state index in [9.17, 15) is 4.39 Å². The van der Waals surface area contributed by atoms with E-state index in [0.717, 1.165) is 50.4 Å². The van der Waals surface area contributed by atoms with E-state index in [2.05, 4.69) is 22.8 Å². The Morgan fingerprint density at radius 3 is 2.22 bits per heavy atom. The highest BCUT2D eigenvalue weighted by molar-refractivity contribution is 5.29. The van der Waals surface area contributed by atoms with Gasteiger partial charge in [0, 0.05) is 32.7 Å². The molecule has 100 valence electrons. The quantitative estimate of drug-likeness (QED) is 0.810. The van der Waals surface area contributed by atoms with Gasteiger partial charge in [-0.05, 0) is 24.6 Å². The van der Waals surface area contributed by atoms with Crippen LogP contribution in [0.3, 0.4) is 0 Å². The third kappa shape index (κ3) is 3.53. The van der Waals surface area contributed by atoms with Crippen LogP contribution in [0.2, 0.25) is 0 Å². The van der Waals surface area contributed by atoms with E-state index >= 15 is 0 Å². The SMILES string of the molecule is CCN1CCN(Cc2cc(C)cc(CF)c2)CC1. The summed E-state index contributed by atoms with van der Waals surface area (Å²) in [7, 11) is 0. The molecule has 1 aliphatic rings. The van der Waals surface area contributed by atoms with E-state index < -0.39 is 0 Å². The monoisotopic (exact) mass is 250 g/mol. The van der Waals surface area contributed by atoms with Crippen molar-refractivity contribution in [2.24, 2.45) is 0 Å². The van der Waals surface area contributed by atoms with Crippen molar-refractivity contribution in [3.05, 3.63) is 34.9 Å². The Kier molecular flexibility index (Phi) is 4.72. The van der Waals surface area contributed by atoms with Crippen molar-refractivity contribution < 1.29 is 4.39 Å². The Bertz CT molecular complexity index is 384. The summed E-state index contributed by atoms with van der Waals surface area (Å²) in [6.45, 7) is 10.5. The molecule has 0 bridgehead atoms. The van der Waals surface area contributed by atoms with E-state index in [0.29, 0.717) is 0 Å². The topological polar surface area (TPSA) is 6.48 Å². The van der Waals surface area contributed by atoms with Gasteiger partial charge in [-0.1, -0.05) is 30.7 Å². The fraction of sp³-hybridized carbons (Fsp3) is 0.600. The van der Waals surface area contributed by atoms with Crippen molar-refractivity contribution in [2.45, 2.75) is 27.1 Å². The Morgan fingerprint density at radius 2 is 1.61 bits per heavy atom. The molecule has 0 N–H and O–H groups in total. The molecule has 0 atom stereocenters. The Morgan fingerprint density at radius 1 is 1.00 bits per heavy atom. The van der Waals surface area contributed by atoms with Gasteiger partial charge in [-0.25, -0.2) is 4.39 Å². The van der Waals surface area contributed by atoms with Gasteiger partial charge in [0.05, 0.1) is 0 Å². The lowest BCUT2D eigenvalue weighted by Gasteiger charge is -2.34. The number of aryl methyl sites for hydroxylation is 1. The highest BCUT2D eigenvalue weighted by Gasteiger charge is 2.15. The van der Waals surface area contributed by atoms with Crippen molar-refractivity contribution in [3.8, 4) is 0 Å². The van der Waals surface area contributed by atoms with Crippen LogP contribution in [-0.2, 0) is 13.2 Å². The first-order valence-electron chi connectivity index (χ1n) is 6.81. The molecule has 1 heterocycles. The van der Waals surface area contributed by atoms with Crippen molar-refractivity contribution >= 4 is 0 Å². The zero-order chi connectivity index (χ0) is 13.0. The maximum atomic E-state index is 12.7. The molecule has 1 fully saturated rings. The molecule has 1 saturated heterocycles. The number of nitrogens with zero attached hydrogens (tertiary/aromatic N) is 2. The van der Waals surface area contributed by atoms with Crippen molar-refractivity contribution in [1.82, 2.24) is 9.80 Å². The van der Waals surface area contributed by atoms with Crippen LogP contribution in [0.25, 0.3) is 0 Å². The van der Waals surface area contributed by atoms with Gasteiger partial charge < -0.3 is 4.90 Å². The summed E-state index contributed by atoms with van der Waals surface area (Å²) in [6, 6.07) is 6.10. The minimum atomic E-state index is -0.363. The molecule has 1 aromatic rings. The lowest BCUT2D eigenvalue weighted by molar-refractivity contribution is 0.132. The summed E-state index contributed by atoms with van der Waals surface area (Å²) in [5.74, 6) is 0. The number of likely N-dealkylation sites (N-methyl/N-ethyl adjacent to an activating group) is 1. The molecule has 18 heavy (non-hydrogen) atoms. The van der Waals surface area contributed by atoms with Gasteiger partial charge in [-0.2, -0.15) is 0 Å². The van der Waals surface area contributed by atoms with Gasteiger partial charge in [0.25, 0.3) is 0 Å². The normalized spacial score (nSPS) is 18.2. The second kappa shape index (κ2) is 6.30. The molecule has 0 amide bonds. The second-order valence-corrected chi connectivity index (χ2v) is 5.17. The molecule has 0 aromatic heterocycles. The van der Waals surface area contributed by atoms with Crippen molar-refractivity contribution in [3.63, 3.8) is 0 Å². The number of hydrogen-bond donors (Lipinski definition) is 0. The largest absolute Gasteiger partial charge is 0.301 e. The predicted molar refractivity (Wildman–Crippen MR) is 73.4 cm³/mol. The fourth-order valence-corrected chi connectivity index (χ4v) is 2.64. The number of piperazine rings is 1. The number of alkyl halides is 1. The maximum Gasteiger partial charge on any atom is 0.115 e. The van der Waals surface area contributed by atoms with Crippen LogP contribution in [0.1, 0.15) is 23.6 Å². The van der Waals surface area contributed by atoms with Crippen LogP contribution >= 0.6 is 0 Å². The molecule has 0 aliphatic carbocycles. The van der Waals surface area contributed by atoms with Crippen LogP contribution in [-0.4, -0.2) is 42.5 Å². The molecule has 2 nitrogen and oxygen atoms in total. The minimum Gasteiger partial charge on any atom is -0.301 e. The Hall–Kier alpha value is -0.930. The van der Waals surface area contributed by atoms with Crippen molar-refractivity contribution in [1.29, 1.82) is 0 Å². The Balaban J connectivity index is 1.95.